The van der Waals surface area contributed by atoms with Crippen molar-refractivity contribution in [2.24, 2.45) is 5.10 Å². The quantitative estimate of drug-likeness (QED) is 0.545. The Morgan fingerprint density at radius 1 is 1.09 bits per heavy atom. The van der Waals surface area contributed by atoms with Gasteiger partial charge in [-0.3, -0.25) is 0 Å². The van der Waals surface area contributed by atoms with Gasteiger partial charge in [0.25, 0.3) is 0 Å². The molecule has 3 aromatic rings. The average molecular weight is 349 g/mol. The molecule has 0 saturated carbocycles. The second kappa shape index (κ2) is 6.44. The maximum atomic E-state index is 6.15. The Morgan fingerprint density at radius 3 is 2.64 bits per heavy atom. The highest BCUT2D eigenvalue weighted by molar-refractivity contribution is 7.71. The fourth-order valence-electron chi connectivity index (χ4n) is 1.91. The van der Waals surface area contributed by atoms with Crippen molar-refractivity contribution >= 4 is 41.6 Å². The SMILES string of the molecule is S=c1[nH]nc(-c2ccccc2)n1N=Cc1cccc(Cl)c1Cl. The molecule has 0 saturated heterocycles. The molecule has 0 spiro atoms. The molecule has 0 amide bonds. The number of nitrogens with zero attached hydrogens (tertiary/aromatic N) is 3. The lowest BCUT2D eigenvalue weighted by Gasteiger charge is -2.02. The molecule has 2 aromatic carbocycles. The maximum absolute atomic E-state index is 6.15. The molecule has 7 heteroatoms. The highest BCUT2D eigenvalue weighted by atomic mass is 35.5. The molecule has 0 bridgehead atoms. The molecule has 1 heterocycles. The number of aromatic amines is 1. The van der Waals surface area contributed by atoms with Crippen LogP contribution in [0.25, 0.3) is 11.4 Å². The minimum atomic E-state index is 0.397. The molecule has 110 valence electrons. The number of rotatable bonds is 3. The monoisotopic (exact) mass is 348 g/mol. The van der Waals surface area contributed by atoms with Gasteiger partial charge in [-0.1, -0.05) is 65.7 Å². The van der Waals surface area contributed by atoms with E-state index in [1.807, 2.05) is 42.5 Å². The van der Waals surface area contributed by atoms with E-state index >= 15 is 0 Å². The van der Waals surface area contributed by atoms with E-state index in [9.17, 15) is 0 Å². The molecule has 22 heavy (non-hydrogen) atoms. The number of H-pyrrole nitrogens is 1. The third-order valence-electron chi connectivity index (χ3n) is 2.98. The maximum Gasteiger partial charge on any atom is 0.216 e. The largest absolute Gasteiger partial charge is 0.250 e. The van der Waals surface area contributed by atoms with Crippen molar-refractivity contribution in [3.05, 3.63) is 68.9 Å². The first-order valence-electron chi connectivity index (χ1n) is 6.38. The summed E-state index contributed by atoms with van der Waals surface area (Å²) < 4.78 is 1.94. The second-order valence-corrected chi connectivity index (χ2v) is 5.59. The predicted octanol–water partition coefficient (Wildman–Crippen LogP) is 4.80. The van der Waals surface area contributed by atoms with Gasteiger partial charge in [-0.05, 0) is 18.3 Å². The molecule has 0 aliphatic heterocycles. The summed E-state index contributed by atoms with van der Waals surface area (Å²) in [5.74, 6) is 0.625. The molecule has 0 unspecified atom stereocenters. The van der Waals surface area contributed by atoms with E-state index in [0.717, 1.165) is 5.56 Å². The third-order valence-corrected chi connectivity index (χ3v) is 4.07. The summed E-state index contributed by atoms with van der Waals surface area (Å²) in [6.45, 7) is 0. The fraction of sp³-hybridized carbons (Fsp3) is 0. The van der Waals surface area contributed by atoms with Gasteiger partial charge in [0.2, 0.25) is 4.77 Å². The van der Waals surface area contributed by atoms with Gasteiger partial charge in [0, 0.05) is 11.1 Å². The van der Waals surface area contributed by atoms with Gasteiger partial charge >= 0.3 is 0 Å². The Kier molecular flexibility index (Phi) is 4.38. The van der Waals surface area contributed by atoms with Gasteiger partial charge in [-0.15, -0.1) is 0 Å². The summed E-state index contributed by atoms with van der Waals surface area (Å²) in [6, 6.07) is 15.0. The van der Waals surface area contributed by atoms with Gasteiger partial charge in [0.1, 0.15) is 0 Å². The molecule has 0 aliphatic carbocycles. The predicted molar refractivity (Wildman–Crippen MR) is 92.3 cm³/mol. The third kappa shape index (κ3) is 2.97. The lowest BCUT2D eigenvalue weighted by atomic mass is 10.2. The van der Waals surface area contributed by atoms with E-state index in [1.54, 1.807) is 17.0 Å². The fourth-order valence-corrected chi connectivity index (χ4v) is 2.45. The normalized spacial score (nSPS) is 11.2. The van der Waals surface area contributed by atoms with E-state index in [-0.39, 0.29) is 0 Å². The van der Waals surface area contributed by atoms with Crippen molar-refractivity contribution in [2.45, 2.75) is 0 Å². The molecule has 0 radical (unpaired) electrons. The van der Waals surface area contributed by atoms with Crippen LogP contribution in [0.2, 0.25) is 10.0 Å². The summed E-state index contributed by atoms with van der Waals surface area (Å²) in [7, 11) is 0. The van der Waals surface area contributed by atoms with Gasteiger partial charge in [0.15, 0.2) is 5.82 Å². The van der Waals surface area contributed by atoms with Crippen molar-refractivity contribution < 1.29 is 0 Å². The Hall–Kier alpha value is -1.95. The Labute approximate surface area is 142 Å². The van der Waals surface area contributed by atoms with Crippen molar-refractivity contribution in [2.75, 3.05) is 0 Å². The number of nitrogens with one attached hydrogen (secondary N) is 1. The molecular formula is C15H10Cl2N4S. The molecule has 0 aliphatic rings. The summed E-state index contributed by atoms with van der Waals surface area (Å²) in [5.41, 5.74) is 1.61. The molecule has 1 N–H and O–H groups in total. The van der Waals surface area contributed by atoms with Crippen LogP contribution in [0.4, 0.5) is 0 Å². The first-order chi connectivity index (χ1) is 10.7. The average Bonchev–Trinajstić information content (AvgIpc) is 2.91. The number of hydrogen-bond donors (Lipinski definition) is 1. The minimum absolute atomic E-state index is 0.397. The second-order valence-electron chi connectivity index (χ2n) is 4.42. The molecule has 3 rings (SSSR count). The molecule has 1 aromatic heterocycles. The first-order valence-corrected chi connectivity index (χ1v) is 7.54. The zero-order chi connectivity index (χ0) is 15.5. The van der Waals surface area contributed by atoms with Gasteiger partial charge in [-0.25, -0.2) is 5.10 Å². The summed E-state index contributed by atoms with van der Waals surface area (Å²) in [6.07, 6.45) is 1.60. The smallest absolute Gasteiger partial charge is 0.216 e. The van der Waals surface area contributed by atoms with E-state index in [2.05, 4.69) is 15.3 Å². The van der Waals surface area contributed by atoms with Crippen LogP contribution in [0.1, 0.15) is 5.56 Å². The zero-order valence-electron chi connectivity index (χ0n) is 11.2. The standard InChI is InChI=1S/C15H10Cl2N4S/c16-12-8-4-7-11(13(12)17)9-18-21-14(19-20-15(21)22)10-5-2-1-3-6-10/h1-9H,(H,20,22). The van der Waals surface area contributed by atoms with Crippen LogP contribution in [-0.4, -0.2) is 21.1 Å². The summed E-state index contributed by atoms with van der Waals surface area (Å²) >= 11 is 17.4. The highest BCUT2D eigenvalue weighted by Crippen LogP contribution is 2.24. The van der Waals surface area contributed by atoms with Crippen LogP contribution in [0, 0.1) is 4.77 Å². The van der Waals surface area contributed by atoms with Gasteiger partial charge in [0.05, 0.1) is 16.3 Å². The van der Waals surface area contributed by atoms with Crippen LogP contribution in [0.3, 0.4) is 0 Å². The van der Waals surface area contributed by atoms with Crippen LogP contribution in [0.5, 0.6) is 0 Å². The van der Waals surface area contributed by atoms with Crippen molar-refractivity contribution in [1.82, 2.24) is 14.9 Å². The molecule has 4 nitrogen and oxygen atoms in total. The van der Waals surface area contributed by atoms with Crippen molar-refractivity contribution in [3.63, 3.8) is 0 Å². The summed E-state index contributed by atoms with van der Waals surface area (Å²) in [4.78, 5) is 0. The van der Waals surface area contributed by atoms with Crippen LogP contribution in [0.15, 0.2) is 53.6 Å². The number of hydrogen-bond acceptors (Lipinski definition) is 3. The Balaban J connectivity index is 2.03. The highest BCUT2D eigenvalue weighted by Gasteiger charge is 2.08. The Bertz CT molecular complexity index is 884. The number of halogens is 2. The van der Waals surface area contributed by atoms with Crippen LogP contribution in [-0.2, 0) is 0 Å². The van der Waals surface area contributed by atoms with Gasteiger partial charge < -0.3 is 0 Å². The van der Waals surface area contributed by atoms with Gasteiger partial charge in [-0.2, -0.15) is 14.9 Å². The molecule has 0 fully saturated rings. The van der Waals surface area contributed by atoms with E-state index in [4.69, 9.17) is 35.4 Å². The van der Waals surface area contributed by atoms with E-state index < -0.39 is 0 Å². The van der Waals surface area contributed by atoms with E-state index in [1.165, 1.54) is 0 Å². The van der Waals surface area contributed by atoms with Crippen molar-refractivity contribution in [1.29, 1.82) is 0 Å². The minimum Gasteiger partial charge on any atom is -0.250 e. The lowest BCUT2D eigenvalue weighted by Crippen LogP contribution is -1.95. The lowest BCUT2D eigenvalue weighted by molar-refractivity contribution is 0.871. The van der Waals surface area contributed by atoms with Crippen LogP contribution < -0.4 is 0 Å². The topological polar surface area (TPSA) is 46.0 Å². The zero-order valence-corrected chi connectivity index (χ0v) is 13.5. The first kappa shape index (κ1) is 15.0. The number of benzene rings is 2. The summed E-state index contributed by atoms with van der Waals surface area (Å²) in [5, 5.41) is 12.2. The molecular weight excluding hydrogens is 339 g/mol. The Morgan fingerprint density at radius 2 is 1.86 bits per heavy atom. The van der Waals surface area contributed by atoms with Crippen molar-refractivity contribution in [3.8, 4) is 11.4 Å². The van der Waals surface area contributed by atoms with E-state index in [0.29, 0.717) is 26.2 Å². The molecule has 0 atom stereocenters. The number of aromatic nitrogens is 3. The van der Waals surface area contributed by atoms with Crippen LogP contribution >= 0.6 is 35.4 Å².